The summed E-state index contributed by atoms with van der Waals surface area (Å²) in [7, 11) is 3.46. The summed E-state index contributed by atoms with van der Waals surface area (Å²) >= 11 is 0. The van der Waals surface area contributed by atoms with Crippen molar-refractivity contribution in [3.05, 3.63) is 65.0 Å². The van der Waals surface area contributed by atoms with Gasteiger partial charge in [-0.15, -0.1) is 0 Å². The maximum absolute atomic E-state index is 13.3. The van der Waals surface area contributed by atoms with E-state index < -0.39 is 5.92 Å². The second-order valence-electron chi connectivity index (χ2n) is 7.69. The zero-order valence-corrected chi connectivity index (χ0v) is 16.9. The first-order chi connectivity index (χ1) is 14.4. The largest absolute Gasteiger partial charge is 0.504 e. The Morgan fingerprint density at radius 3 is 2.77 bits per heavy atom. The summed E-state index contributed by atoms with van der Waals surface area (Å²) in [6.07, 6.45) is 2.02. The van der Waals surface area contributed by atoms with Gasteiger partial charge in [-0.05, 0) is 35.4 Å². The number of phenols is 1. The maximum Gasteiger partial charge on any atom is 0.259 e. The Balaban J connectivity index is 1.80. The minimum absolute atomic E-state index is 0.00341. The van der Waals surface area contributed by atoms with E-state index >= 15 is 0 Å². The van der Waals surface area contributed by atoms with Gasteiger partial charge in [-0.2, -0.15) is 0 Å². The van der Waals surface area contributed by atoms with Crippen LogP contribution in [0.5, 0.6) is 11.5 Å². The van der Waals surface area contributed by atoms with E-state index in [1.807, 2.05) is 42.1 Å². The normalized spacial score (nSPS) is 17.8. The number of carbonyl (C=O) groups excluding carboxylic acids is 2. The molecule has 152 valence electrons. The maximum atomic E-state index is 13.3. The van der Waals surface area contributed by atoms with E-state index in [0.717, 1.165) is 27.7 Å². The lowest BCUT2D eigenvalue weighted by molar-refractivity contribution is -0.139. The number of benzene rings is 2. The third-order valence-electron chi connectivity index (χ3n) is 5.96. The zero-order valence-electron chi connectivity index (χ0n) is 16.9. The summed E-state index contributed by atoms with van der Waals surface area (Å²) in [6.45, 7) is 1.60. The monoisotopic (exact) mass is 403 g/mol. The highest BCUT2D eigenvalue weighted by Gasteiger charge is 2.41. The van der Waals surface area contributed by atoms with E-state index in [0.29, 0.717) is 17.0 Å². The number of aromatic hydroxyl groups is 1. The van der Waals surface area contributed by atoms with Crippen LogP contribution in [-0.4, -0.2) is 40.0 Å². The fraction of sp³-hybridized carbons (Fsp3) is 0.217. The molecule has 0 spiro atoms. The number of imide groups is 1. The molecule has 5 rings (SSSR count). The average Bonchev–Trinajstić information content (AvgIpc) is 3.17. The van der Waals surface area contributed by atoms with Gasteiger partial charge in [-0.25, -0.2) is 0 Å². The average molecular weight is 403 g/mol. The second-order valence-corrected chi connectivity index (χ2v) is 7.69. The van der Waals surface area contributed by atoms with Crippen LogP contribution < -0.4 is 10.1 Å². The summed E-state index contributed by atoms with van der Waals surface area (Å²) < 4.78 is 7.22. The summed E-state index contributed by atoms with van der Waals surface area (Å²) in [4.78, 5) is 26.7. The highest BCUT2D eigenvalue weighted by atomic mass is 16.5. The van der Waals surface area contributed by atoms with Gasteiger partial charge >= 0.3 is 0 Å². The van der Waals surface area contributed by atoms with Crippen molar-refractivity contribution in [1.82, 2.24) is 9.47 Å². The van der Waals surface area contributed by atoms with Crippen LogP contribution in [0.3, 0.4) is 0 Å². The Bertz CT molecular complexity index is 1270. The van der Waals surface area contributed by atoms with E-state index in [2.05, 4.69) is 5.32 Å². The molecule has 2 N–H and O–H groups in total. The molecule has 0 bridgehead atoms. The smallest absolute Gasteiger partial charge is 0.259 e. The highest BCUT2D eigenvalue weighted by molar-refractivity contribution is 6.11. The van der Waals surface area contributed by atoms with Gasteiger partial charge in [0.15, 0.2) is 11.5 Å². The van der Waals surface area contributed by atoms with E-state index in [9.17, 15) is 14.7 Å². The number of hydrogen-bond acceptors (Lipinski definition) is 5. The molecule has 7 heteroatoms. The molecule has 0 aliphatic carbocycles. The van der Waals surface area contributed by atoms with Gasteiger partial charge in [0.05, 0.1) is 24.7 Å². The predicted molar refractivity (Wildman–Crippen MR) is 112 cm³/mol. The van der Waals surface area contributed by atoms with Gasteiger partial charge in [-0.1, -0.05) is 12.1 Å². The molecule has 0 radical (unpaired) electrons. The third kappa shape index (κ3) is 2.45. The molecular weight excluding hydrogens is 382 g/mol. The van der Waals surface area contributed by atoms with E-state index in [4.69, 9.17) is 4.74 Å². The molecule has 2 aliphatic rings. The molecule has 3 aromatic rings. The topological polar surface area (TPSA) is 83.8 Å². The molecule has 3 heterocycles. The number of rotatable bonds is 2. The lowest BCUT2D eigenvalue weighted by Crippen LogP contribution is -2.33. The van der Waals surface area contributed by atoms with Crippen molar-refractivity contribution in [3.63, 3.8) is 0 Å². The lowest BCUT2D eigenvalue weighted by Gasteiger charge is -2.20. The van der Waals surface area contributed by atoms with E-state index in [1.54, 1.807) is 12.1 Å². The standard InChI is InChI=1S/C23H21N3O4/c1-12(27)26-11-16-22(23(26)29)20(13-7-8-19(30-3)18(28)9-13)14-10-25(2)17-6-4-5-15(24-16)21(14)17/h4-10,20,24,28H,11H2,1-3H3. The van der Waals surface area contributed by atoms with Gasteiger partial charge in [0.1, 0.15) is 0 Å². The van der Waals surface area contributed by atoms with Crippen molar-refractivity contribution in [2.45, 2.75) is 12.8 Å². The Labute approximate surface area is 173 Å². The van der Waals surface area contributed by atoms with Crippen LogP contribution in [0, 0.1) is 0 Å². The van der Waals surface area contributed by atoms with Crippen LogP contribution in [0.15, 0.2) is 53.9 Å². The number of carbonyl (C=O) groups is 2. The Hall–Kier alpha value is -3.74. The summed E-state index contributed by atoms with van der Waals surface area (Å²) in [5, 5.41) is 14.9. The molecule has 1 aromatic heterocycles. The lowest BCUT2D eigenvalue weighted by atomic mass is 9.84. The first-order valence-corrected chi connectivity index (χ1v) is 9.68. The predicted octanol–water partition coefficient (Wildman–Crippen LogP) is 3.09. The first kappa shape index (κ1) is 18.3. The van der Waals surface area contributed by atoms with Crippen molar-refractivity contribution in [2.75, 3.05) is 19.0 Å². The van der Waals surface area contributed by atoms with Gasteiger partial charge in [0.25, 0.3) is 5.91 Å². The van der Waals surface area contributed by atoms with E-state index in [-0.39, 0.29) is 24.1 Å². The minimum Gasteiger partial charge on any atom is -0.504 e. The SMILES string of the molecule is COc1ccc(C2C3=C(CN(C(C)=O)C3=O)Nc3cccc4c3c2cn4C)cc1O. The summed E-state index contributed by atoms with van der Waals surface area (Å²) in [6, 6.07) is 11.2. The molecule has 30 heavy (non-hydrogen) atoms. The second kappa shape index (κ2) is 6.38. The van der Waals surface area contributed by atoms with Crippen molar-refractivity contribution >= 4 is 28.4 Å². The van der Waals surface area contributed by atoms with Crippen molar-refractivity contribution in [2.24, 2.45) is 7.05 Å². The molecule has 0 saturated carbocycles. The number of aryl methyl sites for hydroxylation is 1. The molecule has 0 saturated heterocycles. The highest BCUT2D eigenvalue weighted by Crippen LogP contribution is 2.47. The quantitative estimate of drug-likeness (QED) is 0.687. The van der Waals surface area contributed by atoms with E-state index in [1.165, 1.54) is 18.9 Å². The van der Waals surface area contributed by atoms with Crippen LogP contribution in [0.2, 0.25) is 0 Å². The van der Waals surface area contributed by atoms with Crippen LogP contribution >= 0.6 is 0 Å². The number of methoxy groups -OCH3 is 1. The molecule has 1 atom stereocenters. The van der Waals surface area contributed by atoms with Gasteiger partial charge in [0.2, 0.25) is 5.91 Å². The number of nitrogens with zero attached hydrogens (tertiary/aromatic N) is 2. The Morgan fingerprint density at radius 2 is 2.07 bits per heavy atom. The van der Waals surface area contributed by atoms with Gasteiger partial charge in [-0.3, -0.25) is 14.5 Å². The van der Waals surface area contributed by atoms with Gasteiger partial charge in [0, 0.05) is 42.9 Å². The summed E-state index contributed by atoms with van der Waals surface area (Å²) in [5.41, 5.74) is 4.87. The van der Waals surface area contributed by atoms with Crippen LogP contribution in [-0.2, 0) is 16.6 Å². The minimum atomic E-state index is -0.437. The van der Waals surface area contributed by atoms with Crippen molar-refractivity contribution in [3.8, 4) is 11.5 Å². The number of anilines is 1. The molecule has 1 unspecified atom stereocenters. The fourth-order valence-electron chi connectivity index (χ4n) is 4.60. The number of ether oxygens (including phenoxy) is 1. The number of hydrogen-bond donors (Lipinski definition) is 2. The Kier molecular flexibility index (Phi) is 3.89. The van der Waals surface area contributed by atoms with Crippen molar-refractivity contribution < 1.29 is 19.4 Å². The molecule has 2 amide bonds. The first-order valence-electron chi connectivity index (χ1n) is 9.68. The fourth-order valence-corrected chi connectivity index (χ4v) is 4.60. The number of aromatic nitrogens is 1. The number of amides is 2. The van der Waals surface area contributed by atoms with Crippen LogP contribution in [0.1, 0.15) is 24.0 Å². The third-order valence-corrected chi connectivity index (χ3v) is 5.96. The number of phenolic OH excluding ortho intramolecular Hbond substituents is 1. The molecule has 7 nitrogen and oxygen atoms in total. The molecule has 0 fully saturated rings. The molecule has 2 aromatic carbocycles. The zero-order chi connectivity index (χ0) is 21.2. The Morgan fingerprint density at radius 1 is 1.27 bits per heavy atom. The van der Waals surface area contributed by atoms with Crippen LogP contribution in [0.25, 0.3) is 10.9 Å². The summed E-state index contributed by atoms with van der Waals surface area (Å²) in [5.74, 6) is -0.675. The number of nitrogens with one attached hydrogen (secondary N) is 1. The van der Waals surface area contributed by atoms with Crippen molar-refractivity contribution in [1.29, 1.82) is 0 Å². The molecular formula is C23H21N3O4. The van der Waals surface area contributed by atoms with Gasteiger partial charge < -0.3 is 19.7 Å². The van der Waals surface area contributed by atoms with Crippen LogP contribution in [0.4, 0.5) is 5.69 Å². The molecule has 2 aliphatic heterocycles.